The highest BCUT2D eigenvalue weighted by atomic mass is 16.4. The summed E-state index contributed by atoms with van der Waals surface area (Å²) in [5.41, 5.74) is 0. The van der Waals surface area contributed by atoms with Crippen LogP contribution in [0.25, 0.3) is 0 Å². The average molecular weight is 251 g/mol. The molecule has 4 saturated carbocycles. The lowest BCUT2D eigenvalue weighted by Gasteiger charge is -2.56. The lowest BCUT2D eigenvalue weighted by atomic mass is 9.50. The van der Waals surface area contributed by atoms with Crippen LogP contribution < -0.4 is 5.32 Å². The number of amides is 1. The van der Waals surface area contributed by atoms with E-state index in [9.17, 15) is 9.59 Å². The van der Waals surface area contributed by atoms with Crippen LogP contribution in [0.4, 0.5) is 0 Å². The molecule has 1 amide bonds. The minimum Gasteiger partial charge on any atom is -0.481 e. The summed E-state index contributed by atoms with van der Waals surface area (Å²) in [5.74, 6) is 2.66. The Labute approximate surface area is 107 Å². The van der Waals surface area contributed by atoms with Crippen molar-refractivity contribution in [3.05, 3.63) is 0 Å². The van der Waals surface area contributed by atoms with Gasteiger partial charge in [0.05, 0.1) is 6.42 Å². The number of aliphatic carboxylic acids is 1. The van der Waals surface area contributed by atoms with Gasteiger partial charge in [-0.25, -0.2) is 0 Å². The minimum atomic E-state index is -0.803. The third kappa shape index (κ3) is 2.02. The summed E-state index contributed by atoms with van der Waals surface area (Å²) in [4.78, 5) is 21.7. The Morgan fingerprint density at radius 2 is 1.72 bits per heavy atom. The van der Waals surface area contributed by atoms with Gasteiger partial charge in [-0.3, -0.25) is 9.59 Å². The van der Waals surface area contributed by atoms with Crippen molar-refractivity contribution in [2.24, 2.45) is 29.6 Å². The number of hydrogen-bond acceptors (Lipinski definition) is 2. The van der Waals surface area contributed by atoms with Gasteiger partial charge in [0.1, 0.15) is 0 Å². The first kappa shape index (κ1) is 12.0. The smallest absolute Gasteiger partial charge is 0.305 e. The Hall–Kier alpha value is -1.06. The van der Waals surface area contributed by atoms with Gasteiger partial charge in [0, 0.05) is 6.04 Å². The monoisotopic (exact) mass is 251 g/mol. The Morgan fingerprint density at radius 1 is 1.17 bits per heavy atom. The molecule has 0 saturated heterocycles. The van der Waals surface area contributed by atoms with Crippen LogP contribution >= 0.6 is 0 Å². The van der Waals surface area contributed by atoms with E-state index < -0.39 is 5.97 Å². The maximum Gasteiger partial charge on any atom is 0.305 e. The zero-order chi connectivity index (χ0) is 12.7. The molecule has 1 atom stereocenters. The Balaban J connectivity index is 1.77. The highest BCUT2D eigenvalue weighted by Crippen LogP contribution is 2.57. The topological polar surface area (TPSA) is 66.4 Å². The number of rotatable bonds is 5. The second-order valence-corrected chi connectivity index (χ2v) is 6.50. The first-order chi connectivity index (χ1) is 8.67. The fourth-order valence-corrected chi connectivity index (χ4v) is 5.21. The fraction of sp³-hybridized carbons (Fsp3) is 0.857. The summed E-state index contributed by atoms with van der Waals surface area (Å²) in [6.45, 7) is 0. The van der Waals surface area contributed by atoms with Gasteiger partial charge in [0.25, 0.3) is 0 Å². The van der Waals surface area contributed by atoms with Crippen molar-refractivity contribution in [1.82, 2.24) is 5.32 Å². The molecule has 1 unspecified atom stereocenters. The molecule has 4 heteroatoms. The highest BCUT2D eigenvalue weighted by Gasteiger charge is 2.50. The molecule has 0 aromatic heterocycles. The van der Waals surface area contributed by atoms with Gasteiger partial charge in [-0.05, 0) is 61.7 Å². The van der Waals surface area contributed by atoms with Gasteiger partial charge < -0.3 is 10.4 Å². The van der Waals surface area contributed by atoms with E-state index in [1.165, 1.54) is 32.1 Å². The van der Waals surface area contributed by atoms with Crippen LogP contribution in [-0.4, -0.2) is 23.5 Å². The van der Waals surface area contributed by atoms with E-state index in [2.05, 4.69) is 5.32 Å². The standard InChI is InChI=1S/C14H21NO3/c16-7-15-12(6-13(17)18)14-10-2-8-1-9(4-10)5-11(14)3-8/h7-12,14H,1-6H2,(H,15,16)(H,17,18). The van der Waals surface area contributed by atoms with E-state index in [1.54, 1.807) is 0 Å². The maximum atomic E-state index is 11.0. The fourth-order valence-electron chi connectivity index (χ4n) is 5.21. The molecule has 4 rings (SSSR count). The van der Waals surface area contributed by atoms with E-state index in [-0.39, 0.29) is 12.5 Å². The molecule has 0 aromatic carbocycles. The van der Waals surface area contributed by atoms with Crippen LogP contribution in [0, 0.1) is 29.6 Å². The summed E-state index contributed by atoms with van der Waals surface area (Å²) < 4.78 is 0. The van der Waals surface area contributed by atoms with E-state index in [4.69, 9.17) is 5.11 Å². The van der Waals surface area contributed by atoms with Crippen LogP contribution in [0.1, 0.15) is 38.5 Å². The number of carbonyl (C=O) groups excluding carboxylic acids is 1. The van der Waals surface area contributed by atoms with Crippen molar-refractivity contribution >= 4 is 12.4 Å². The van der Waals surface area contributed by atoms with Gasteiger partial charge in [0.15, 0.2) is 0 Å². The zero-order valence-electron chi connectivity index (χ0n) is 10.5. The third-order valence-corrected chi connectivity index (χ3v) is 5.44. The maximum absolute atomic E-state index is 11.0. The predicted octanol–water partition coefficient (Wildman–Crippen LogP) is 1.65. The molecule has 0 spiro atoms. The number of carboxylic acid groups (broad SMARTS) is 1. The van der Waals surface area contributed by atoms with E-state index >= 15 is 0 Å². The van der Waals surface area contributed by atoms with E-state index in [0.29, 0.717) is 24.2 Å². The molecule has 4 fully saturated rings. The largest absolute Gasteiger partial charge is 0.481 e. The van der Waals surface area contributed by atoms with Crippen LogP contribution in [0.2, 0.25) is 0 Å². The Kier molecular flexibility index (Phi) is 3.04. The van der Waals surface area contributed by atoms with E-state index in [1.807, 2.05) is 0 Å². The Bertz CT molecular complexity index is 327. The normalized spacial score (nSPS) is 42.6. The van der Waals surface area contributed by atoms with Crippen molar-refractivity contribution in [1.29, 1.82) is 0 Å². The molecular formula is C14H21NO3. The summed E-state index contributed by atoms with van der Waals surface area (Å²) in [6.07, 6.45) is 7.18. The van der Waals surface area contributed by atoms with Gasteiger partial charge in [0.2, 0.25) is 6.41 Å². The van der Waals surface area contributed by atoms with Crippen LogP contribution in [0.5, 0.6) is 0 Å². The summed E-state index contributed by atoms with van der Waals surface area (Å²) in [6, 6.07) is -0.157. The predicted molar refractivity (Wildman–Crippen MR) is 65.8 cm³/mol. The molecule has 4 aliphatic rings. The van der Waals surface area contributed by atoms with Gasteiger partial charge >= 0.3 is 5.97 Å². The first-order valence-corrected chi connectivity index (χ1v) is 7.09. The molecule has 4 aliphatic carbocycles. The highest BCUT2D eigenvalue weighted by molar-refractivity contribution is 5.68. The molecule has 0 aliphatic heterocycles. The summed E-state index contributed by atoms with van der Waals surface area (Å²) in [7, 11) is 0. The average Bonchev–Trinajstić information content (AvgIpc) is 2.26. The van der Waals surface area contributed by atoms with Gasteiger partial charge in [-0.15, -0.1) is 0 Å². The summed E-state index contributed by atoms with van der Waals surface area (Å²) >= 11 is 0. The molecular weight excluding hydrogens is 230 g/mol. The second kappa shape index (κ2) is 4.56. The molecule has 18 heavy (non-hydrogen) atoms. The van der Waals surface area contributed by atoms with Crippen molar-refractivity contribution in [2.45, 2.75) is 44.6 Å². The molecule has 4 bridgehead atoms. The van der Waals surface area contributed by atoms with Crippen LogP contribution in [-0.2, 0) is 9.59 Å². The number of hydrogen-bond donors (Lipinski definition) is 2. The van der Waals surface area contributed by atoms with Crippen molar-refractivity contribution in [2.75, 3.05) is 0 Å². The van der Waals surface area contributed by atoms with Crippen LogP contribution in [0.15, 0.2) is 0 Å². The number of nitrogens with one attached hydrogen (secondary N) is 1. The van der Waals surface area contributed by atoms with Crippen molar-refractivity contribution in [3.63, 3.8) is 0 Å². The molecule has 100 valence electrons. The molecule has 2 N–H and O–H groups in total. The lowest BCUT2D eigenvalue weighted by molar-refractivity contribution is -0.139. The Morgan fingerprint density at radius 3 is 2.17 bits per heavy atom. The van der Waals surface area contributed by atoms with Crippen molar-refractivity contribution < 1.29 is 14.7 Å². The first-order valence-electron chi connectivity index (χ1n) is 7.09. The summed E-state index contributed by atoms with van der Waals surface area (Å²) in [5, 5.41) is 11.8. The van der Waals surface area contributed by atoms with Gasteiger partial charge in [-0.2, -0.15) is 0 Å². The van der Waals surface area contributed by atoms with Crippen LogP contribution in [0.3, 0.4) is 0 Å². The molecule has 0 radical (unpaired) electrons. The quantitative estimate of drug-likeness (QED) is 0.730. The number of carbonyl (C=O) groups is 2. The van der Waals surface area contributed by atoms with Gasteiger partial charge in [-0.1, -0.05) is 0 Å². The zero-order valence-corrected chi connectivity index (χ0v) is 10.5. The number of carboxylic acids is 1. The molecule has 0 heterocycles. The third-order valence-electron chi connectivity index (χ3n) is 5.44. The molecule has 4 nitrogen and oxygen atoms in total. The van der Waals surface area contributed by atoms with Crippen molar-refractivity contribution in [3.8, 4) is 0 Å². The van der Waals surface area contributed by atoms with E-state index in [0.717, 1.165) is 11.8 Å². The second-order valence-electron chi connectivity index (χ2n) is 6.50. The SMILES string of the molecule is O=CNC(CC(=O)O)C1C2CC3CC(C2)CC1C3. The minimum absolute atomic E-state index is 0.0751. The molecule has 0 aromatic rings. The lowest BCUT2D eigenvalue weighted by Crippen LogP contribution is -2.53.